The smallest absolute Gasteiger partial charge is 0.345 e. The predicted molar refractivity (Wildman–Crippen MR) is 103 cm³/mol. The molecule has 3 rings (SSSR count). The van der Waals surface area contributed by atoms with Crippen LogP contribution in [0.4, 0.5) is 10.1 Å². The molecule has 0 bridgehead atoms. The summed E-state index contributed by atoms with van der Waals surface area (Å²) in [7, 11) is -2.48. The number of nitrogens with zero attached hydrogens (tertiary/aromatic N) is 2. The number of hydrogen-bond donors (Lipinski definition) is 0. The number of ether oxygens (including phenoxy) is 1. The number of anilines is 1. The van der Waals surface area contributed by atoms with Gasteiger partial charge in [0.25, 0.3) is 10.0 Å². The normalized spacial score (nSPS) is 11.1. The molecule has 0 saturated carbocycles. The van der Waals surface area contributed by atoms with Gasteiger partial charge in [0.1, 0.15) is 16.7 Å². The molecule has 0 unspecified atom stereocenters. The predicted octanol–water partition coefficient (Wildman–Crippen LogP) is 3.92. The van der Waals surface area contributed by atoms with Crippen molar-refractivity contribution < 1.29 is 22.3 Å². The highest BCUT2D eigenvalue weighted by Gasteiger charge is 2.21. The van der Waals surface area contributed by atoms with Crippen molar-refractivity contribution in [2.45, 2.75) is 4.90 Å². The van der Waals surface area contributed by atoms with E-state index in [2.05, 4.69) is 4.98 Å². The Kier molecular flexibility index (Phi) is 5.62. The summed E-state index contributed by atoms with van der Waals surface area (Å²) in [6.07, 6.45) is 1.29. The minimum Gasteiger partial charge on any atom is -0.423 e. The third-order valence-corrected chi connectivity index (χ3v) is 5.87. The fourth-order valence-electron chi connectivity index (χ4n) is 2.29. The van der Waals surface area contributed by atoms with Crippen molar-refractivity contribution in [1.82, 2.24) is 4.98 Å². The highest BCUT2D eigenvalue weighted by atomic mass is 35.5. The van der Waals surface area contributed by atoms with Crippen LogP contribution in [-0.4, -0.2) is 26.4 Å². The Hall–Kier alpha value is -2.97. The van der Waals surface area contributed by atoms with Gasteiger partial charge in [-0.05, 0) is 60.7 Å². The van der Waals surface area contributed by atoms with Crippen molar-refractivity contribution >= 4 is 33.3 Å². The van der Waals surface area contributed by atoms with E-state index in [4.69, 9.17) is 16.3 Å². The van der Waals surface area contributed by atoms with E-state index in [1.54, 1.807) is 0 Å². The Bertz CT molecular complexity index is 1090. The van der Waals surface area contributed by atoms with E-state index in [1.165, 1.54) is 61.8 Å². The van der Waals surface area contributed by atoms with Crippen molar-refractivity contribution in [3.63, 3.8) is 0 Å². The molecule has 1 heterocycles. The molecule has 0 spiro atoms. The fraction of sp³-hybridized carbons (Fsp3) is 0.0526. The lowest BCUT2D eigenvalue weighted by Crippen LogP contribution is -2.26. The molecule has 0 N–H and O–H groups in total. The summed E-state index contributed by atoms with van der Waals surface area (Å²) in [6.45, 7) is 0. The summed E-state index contributed by atoms with van der Waals surface area (Å²) >= 11 is 5.68. The molecule has 0 aliphatic carbocycles. The molecule has 144 valence electrons. The van der Waals surface area contributed by atoms with Crippen LogP contribution < -0.4 is 9.04 Å². The van der Waals surface area contributed by atoms with Crippen LogP contribution in [0.25, 0.3) is 0 Å². The maximum atomic E-state index is 13.0. The van der Waals surface area contributed by atoms with Crippen LogP contribution in [0, 0.1) is 5.82 Å². The Morgan fingerprint density at radius 2 is 1.68 bits per heavy atom. The number of carbonyl (C=O) groups is 1. The van der Waals surface area contributed by atoms with Crippen LogP contribution in [0.1, 0.15) is 10.4 Å². The lowest BCUT2D eigenvalue weighted by Gasteiger charge is -2.19. The number of halogens is 2. The number of benzene rings is 2. The second kappa shape index (κ2) is 7.95. The third kappa shape index (κ3) is 4.29. The number of hydrogen-bond acceptors (Lipinski definition) is 5. The van der Waals surface area contributed by atoms with Crippen LogP contribution in [0.5, 0.6) is 5.75 Å². The van der Waals surface area contributed by atoms with Crippen LogP contribution in [0.3, 0.4) is 0 Å². The highest BCUT2D eigenvalue weighted by molar-refractivity contribution is 7.92. The maximum absolute atomic E-state index is 13.0. The zero-order valence-corrected chi connectivity index (χ0v) is 16.1. The molecule has 9 heteroatoms. The van der Waals surface area contributed by atoms with Gasteiger partial charge >= 0.3 is 5.97 Å². The van der Waals surface area contributed by atoms with Gasteiger partial charge in [-0.2, -0.15) is 0 Å². The topological polar surface area (TPSA) is 76.6 Å². The molecule has 1 aromatic heterocycles. The van der Waals surface area contributed by atoms with Crippen molar-refractivity contribution in [3.8, 4) is 5.75 Å². The monoisotopic (exact) mass is 420 g/mol. The van der Waals surface area contributed by atoms with Gasteiger partial charge in [-0.3, -0.25) is 4.31 Å². The number of esters is 1. The SMILES string of the molecule is CN(c1ccc(OC(=O)c2ccc(Cl)nc2)cc1)S(=O)(=O)c1ccc(F)cc1. The van der Waals surface area contributed by atoms with E-state index in [9.17, 15) is 17.6 Å². The molecule has 28 heavy (non-hydrogen) atoms. The first kappa shape index (κ1) is 19.8. The minimum atomic E-state index is -3.85. The number of sulfonamides is 1. The van der Waals surface area contributed by atoms with Crippen LogP contribution >= 0.6 is 11.6 Å². The minimum absolute atomic E-state index is 0.0397. The summed E-state index contributed by atoms with van der Waals surface area (Å²) in [5, 5.41) is 0.256. The molecule has 0 fully saturated rings. The van der Waals surface area contributed by atoms with Gasteiger partial charge in [-0.15, -0.1) is 0 Å². The number of pyridine rings is 1. The molecule has 6 nitrogen and oxygen atoms in total. The zero-order valence-electron chi connectivity index (χ0n) is 14.5. The number of carbonyl (C=O) groups excluding carboxylic acids is 1. The Labute approximate surface area is 166 Å². The average Bonchev–Trinajstić information content (AvgIpc) is 2.69. The van der Waals surface area contributed by atoms with E-state index in [0.717, 1.165) is 16.4 Å². The van der Waals surface area contributed by atoms with E-state index in [-0.39, 0.29) is 21.4 Å². The summed E-state index contributed by atoms with van der Waals surface area (Å²) in [5.74, 6) is -0.913. The van der Waals surface area contributed by atoms with Gasteiger partial charge in [0.15, 0.2) is 0 Å². The molecule has 2 aromatic carbocycles. The first-order valence-electron chi connectivity index (χ1n) is 7.96. The van der Waals surface area contributed by atoms with Crippen LogP contribution in [-0.2, 0) is 10.0 Å². The van der Waals surface area contributed by atoms with E-state index >= 15 is 0 Å². The van der Waals surface area contributed by atoms with Crippen molar-refractivity contribution in [3.05, 3.63) is 83.4 Å². The molecule has 3 aromatic rings. The Morgan fingerprint density at radius 1 is 1.04 bits per heavy atom. The molecular weight excluding hydrogens is 407 g/mol. The van der Waals surface area contributed by atoms with Gasteiger partial charge in [0, 0.05) is 13.2 Å². The summed E-state index contributed by atoms with van der Waals surface area (Å²) in [4.78, 5) is 15.8. The molecular formula is C19H14ClFN2O4S. The van der Waals surface area contributed by atoms with Crippen molar-refractivity contribution in [2.24, 2.45) is 0 Å². The van der Waals surface area contributed by atoms with Gasteiger partial charge in [0.2, 0.25) is 0 Å². The first-order chi connectivity index (χ1) is 13.3. The highest BCUT2D eigenvalue weighted by Crippen LogP contribution is 2.25. The lowest BCUT2D eigenvalue weighted by molar-refractivity contribution is 0.0734. The van der Waals surface area contributed by atoms with Gasteiger partial charge in [0.05, 0.1) is 16.1 Å². The van der Waals surface area contributed by atoms with Crippen molar-refractivity contribution in [2.75, 3.05) is 11.4 Å². The Balaban J connectivity index is 1.75. The second-order valence-electron chi connectivity index (χ2n) is 5.68. The lowest BCUT2D eigenvalue weighted by atomic mass is 10.3. The van der Waals surface area contributed by atoms with E-state index < -0.39 is 21.8 Å². The molecule has 0 saturated heterocycles. The second-order valence-corrected chi connectivity index (χ2v) is 8.04. The van der Waals surface area contributed by atoms with E-state index in [0.29, 0.717) is 5.69 Å². The Morgan fingerprint density at radius 3 is 2.25 bits per heavy atom. The third-order valence-electron chi connectivity index (χ3n) is 3.85. The van der Waals surface area contributed by atoms with Crippen LogP contribution in [0.2, 0.25) is 5.15 Å². The number of rotatable bonds is 5. The summed E-state index contributed by atoms with van der Waals surface area (Å²) in [6, 6.07) is 13.4. The number of aromatic nitrogens is 1. The molecule has 0 radical (unpaired) electrons. The van der Waals surface area contributed by atoms with Crippen LogP contribution in [0.15, 0.2) is 71.8 Å². The van der Waals surface area contributed by atoms with Gasteiger partial charge < -0.3 is 4.74 Å². The van der Waals surface area contributed by atoms with E-state index in [1.807, 2.05) is 0 Å². The quantitative estimate of drug-likeness (QED) is 0.355. The molecule has 0 aliphatic rings. The molecule has 0 aliphatic heterocycles. The largest absolute Gasteiger partial charge is 0.423 e. The van der Waals surface area contributed by atoms with Gasteiger partial charge in [-0.25, -0.2) is 22.6 Å². The van der Waals surface area contributed by atoms with Crippen molar-refractivity contribution in [1.29, 1.82) is 0 Å². The van der Waals surface area contributed by atoms with Gasteiger partial charge in [-0.1, -0.05) is 11.6 Å². The first-order valence-corrected chi connectivity index (χ1v) is 9.77. The fourth-order valence-corrected chi connectivity index (χ4v) is 3.60. The standard InChI is InChI=1S/C19H14ClFN2O4S/c1-23(28(25,26)17-9-3-14(21)4-10-17)15-5-7-16(8-6-15)27-19(24)13-2-11-18(20)22-12-13/h2-12H,1H3. The summed E-state index contributed by atoms with van der Waals surface area (Å²) in [5.41, 5.74) is 0.571. The molecule has 0 atom stereocenters. The maximum Gasteiger partial charge on any atom is 0.345 e. The average molecular weight is 421 g/mol. The summed E-state index contributed by atoms with van der Waals surface area (Å²) < 4.78 is 44.5. The molecule has 0 amide bonds. The zero-order chi connectivity index (χ0) is 20.3.